The predicted molar refractivity (Wildman–Crippen MR) is 109 cm³/mol. The number of aliphatic hydroxyl groups excluding tert-OH is 2. The van der Waals surface area contributed by atoms with Crippen molar-refractivity contribution in [1.82, 2.24) is 0 Å². The van der Waals surface area contributed by atoms with E-state index in [1.165, 1.54) is 12.2 Å². The molecule has 31 heavy (non-hydrogen) atoms. The van der Waals surface area contributed by atoms with Gasteiger partial charge < -0.3 is 19.7 Å². The molecule has 0 amide bonds. The van der Waals surface area contributed by atoms with Gasteiger partial charge in [0.15, 0.2) is 28.6 Å². The number of fused-ring (bicyclic) bond motifs is 7. The van der Waals surface area contributed by atoms with Crippen molar-refractivity contribution >= 4 is 11.6 Å². The van der Waals surface area contributed by atoms with Crippen LogP contribution in [0.15, 0.2) is 23.8 Å². The minimum absolute atomic E-state index is 0.0109. The smallest absolute Gasteiger partial charge is 0.193 e. The molecule has 4 aliphatic carbocycles. The standard InChI is InChI=1S/C24H31FO6/c1-20(2)30-19-10-16-15-6-5-13-9-14(27)7-8-21(13,3)23(15,25)17(28)11-22(16,4)24(19,31-20)18(29)12-26/h7-9,15-17,19,26,28H,5-6,10-12H2,1-4H3/t15-,16-,17-,19+,21-,22-,23-,24?/m0/s1. The third-order valence-corrected chi connectivity index (χ3v) is 9.19. The quantitative estimate of drug-likeness (QED) is 0.694. The fourth-order valence-corrected chi connectivity index (χ4v) is 7.93. The zero-order valence-electron chi connectivity index (χ0n) is 18.5. The summed E-state index contributed by atoms with van der Waals surface area (Å²) in [4.78, 5) is 25.1. The molecule has 5 rings (SSSR count). The molecule has 4 fully saturated rings. The van der Waals surface area contributed by atoms with Crippen LogP contribution in [-0.2, 0) is 19.1 Å². The molecule has 5 aliphatic rings. The van der Waals surface area contributed by atoms with Gasteiger partial charge >= 0.3 is 0 Å². The molecule has 2 N–H and O–H groups in total. The Hall–Kier alpha value is -1.41. The summed E-state index contributed by atoms with van der Waals surface area (Å²) in [6.07, 6.45) is 4.00. The van der Waals surface area contributed by atoms with Crippen LogP contribution in [0.3, 0.4) is 0 Å². The normalized spacial score (nSPS) is 52.1. The lowest BCUT2D eigenvalue weighted by atomic mass is 9.44. The molecule has 0 aromatic heterocycles. The number of carbonyl (C=O) groups is 2. The maximum atomic E-state index is 17.1. The van der Waals surface area contributed by atoms with Crippen molar-refractivity contribution in [2.75, 3.05) is 6.61 Å². The summed E-state index contributed by atoms with van der Waals surface area (Å²) < 4.78 is 29.5. The second-order valence-corrected chi connectivity index (χ2v) is 10.9. The Kier molecular flexibility index (Phi) is 4.24. The van der Waals surface area contributed by atoms with Gasteiger partial charge in [-0.3, -0.25) is 9.59 Å². The van der Waals surface area contributed by atoms with Crippen LogP contribution >= 0.6 is 0 Å². The molecule has 6 nitrogen and oxygen atoms in total. The van der Waals surface area contributed by atoms with Crippen molar-refractivity contribution in [3.63, 3.8) is 0 Å². The molecule has 1 unspecified atom stereocenters. The summed E-state index contributed by atoms with van der Waals surface area (Å²) >= 11 is 0. The van der Waals surface area contributed by atoms with E-state index in [4.69, 9.17) is 9.47 Å². The number of rotatable bonds is 2. The maximum Gasteiger partial charge on any atom is 0.193 e. The average Bonchev–Trinajstić information content (AvgIpc) is 3.09. The first-order valence-electron chi connectivity index (χ1n) is 11.2. The molecule has 7 heteroatoms. The molecule has 3 saturated carbocycles. The van der Waals surface area contributed by atoms with Crippen LogP contribution in [0, 0.1) is 22.7 Å². The van der Waals surface area contributed by atoms with E-state index in [0.29, 0.717) is 19.3 Å². The fourth-order valence-electron chi connectivity index (χ4n) is 7.93. The summed E-state index contributed by atoms with van der Waals surface area (Å²) in [5.74, 6) is -2.46. The summed E-state index contributed by atoms with van der Waals surface area (Å²) in [5.41, 5.74) is -4.66. The minimum Gasteiger partial charge on any atom is -0.390 e. The lowest BCUT2D eigenvalue weighted by Crippen LogP contribution is -2.70. The minimum atomic E-state index is -1.98. The Morgan fingerprint density at radius 3 is 2.65 bits per heavy atom. The Morgan fingerprint density at radius 2 is 1.97 bits per heavy atom. The molecule has 0 spiro atoms. The Morgan fingerprint density at radius 1 is 1.26 bits per heavy atom. The molecule has 1 saturated heterocycles. The van der Waals surface area contributed by atoms with Crippen molar-refractivity contribution in [2.24, 2.45) is 22.7 Å². The Bertz CT molecular complexity index is 925. The highest BCUT2D eigenvalue weighted by Gasteiger charge is 2.79. The van der Waals surface area contributed by atoms with Gasteiger partial charge in [0.1, 0.15) is 6.61 Å². The lowest BCUT2D eigenvalue weighted by Gasteiger charge is -2.62. The molecule has 0 aromatic carbocycles. The average molecular weight is 435 g/mol. The van der Waals surface area contributed by atoms with Crippen LogP contribution in [0.5, 0.6) is 0 Å². The molecule has 8 atom stereocenters. The van der Waals surface area contributed by atoms with E-state index in [-0.39, 0.29) is 18.1 Å². The van der Waals surface area contributed by atoms with Gasteiger partial charge in [0.2, 0.25) is 0 Å². The third-order valence-electron chi connectivity index (χ3n) is 9.19. The van der Waals surface area contributed by atoms with Crippen LogP contribution in [-0.4, -0.2) is 57.7 Å². The van der Waals surface area contributed by atoms with E-state index in [9.17, 15) is 19.8 Å². The van der Waals surface area contributed by atoms with Crippen molar-refractivity contribution in [3.05, 3.63) is 23.8 Å². The Balaban J connectivity index is 1.64. The second-order valence-electron chi connectivity index (χ2n) is 10.9. The summed E-state index contributed by atoms with van der Waals surface area (Å²) in [6.45, 7) is 6.41. The molecule has 0 bridgehead atoms. The van der Waals surface area contributed by atoms with E-state index in [0.717, 1.165) is 5.57 Å². The monoisotopic (exact) mass is 434 g/mol. The number of hydrogen-bond donors (Lipinski definition) is 2. The second kappa shape index (κ2) is 6.13. The number of ketones is 2. The number of aliphatic hydroxyl groups is 2. The summed E-state index contributed by atoms with van der Waals surface area (Å²) in [7, 11) is 0. The molecular formula is C24H31FO6. The van der Waals surface area contributed by atoms with Gasteiger partial charge in [-0.25, -0.2) is 4.39 Å². The topological polar surface area (TPSA) is 93.1 Å². The highest BCUT2D eigenvalue weighted by molar-refractivity contribution is 6.01. The van der Waals surface area contributed by atoms with Gasteiger partial charge in [0, 0.05) is 16.7 Å². The summed E-state index contributed by atoms with van der Waals surface area (Å²) in [6, 6.07) is 0. The third kappa shape index (κ3) is 2.31. The highest BCUT2D eigenvalue weighted by atomic mass is 19.1. The van der Waals surface area contributed by atoms with Gasteiger partial charge in [-0.15, -0.1) is 0 Å². The van der Waals surface area contributed by atoms with E-state index < -0.39 is 58.4 Å². The molecule has 0 radical (unpaired) electrons. The predicted octanol–water partition coefficient (Wildman–Crippen LogP) is 2.42. The SMILES string of the molecule is CC1(C)O[C@@H]2C[C@H]3[C@@H]4CCC5=CC(=O)C=C[C@]5(C)[C@@]4(F)[C@@H](O)C[C@]3(C)C2(C(=O)CO)O1. The number of hydrogen-bond acceptors (Lipinski definition) is 6. The van der Waals surface area contributed by atoms with E-state index in [1.54, 1.807) is 26.8 Å². The number of alkyl halides is 1. The molecule has 1 aliphatic heterocycles. The maximum absolute atomic E-state index is 17.1. The highest BCUT2D eigenvalue weighted by Crippen LogP contribution is 2.72. The van der Waals surface area contributed by atoms with Crippen molar-refractivity contribution in [2.45, 2.75) is 82.6 Å². The van der Waals surface area contributed by atoms with Crippen LogP contribution < -0.4 is 0 Å². The van der Waals surface area contributed by atoms with Gasteiger partial charge in [0.25, 0.3) is 0 Å². The molecule has 170 valence electrons. The van der Waals surface area contributed by atoms with Gasteiger partial charge in [-0.1, -0.05) is 18.6 Å². The zero-order chi connectivity index (χ0) is 22.6. The van der Waals surface area contributed by atoms with Gasteiger partial charge in [-0.2, -0.15) is 0 Å². The number of allylic oxidation sites excluding steroid dienone is 4. The number of carbonyl (C=O) groups excluding carboxylic acids is 2. The van der Waals surface area contributed by atoms with Crippen molar-refractivity contribution < 1.29 is 33.7 Å². The number of Topliss-reactive ketones (excluding diaryl/α,β-unsaturated/α-hetero) is 1. The van der Waals surface area contributed by atoms with Crippen LogP contribution in [0.4, 0.5) is 4.39 Å². The van der Waals surface area contributed by atoms with E-state index in [2.05, 4.69) is 0 Å². The first kappa shape index (κ1) is 21.4. The van der Waals surface area contributed by atoms with Crippen LogP contribution in [0.25, 0.3) is 0 Å². The van der Waals surface area contributed by atoms with Crippen molar-refractivity contribution in [3.8, 4) is 0 Å². The van der Waals surface area contributed by atoms with E-state index >= 15 is 4.39 Å². The van der Waals surface area contributed by atoms with E-state index in [1.807, 2.05) is 6.92 Å². The molecule has 1 heterocycles. The fraction of sp³-hybridized carbons (Fsp3) is 0.750. The van der Waals surface area contributed by atoms with Crippen LogP contribution in [0.2, 0.25) is 0 Å². The van der Waals surface area contributed by atoms with Gasteiger partial charge in [0.05, 0.1) is 12.2 Å². The molecule has 0 aromatic rings. The molecular weight excluding hydrogens is 403 g/mol. The lowest BCUT2D eigenvalue weighted by molar-refractivity contribution is -0.246. The van der Waals surface area contributed by atoms with Crippen molar-refractivity contribution in [1.29, 1.82) is 0 Å². The van der Waals surface area contributed by atoms with Crippen LogP contribution in [0.1, 0.15) is 53.4 Å². The van der Waals surface area contributed by atoms with Gasteiger partial charge in [-0.05, 0) is 64.5 Å². The Labute approximate surface area is 181 Å². The summed E-state index contributed by atoms with van der Waals surface area (Å²) in [5, 5.41) is 21.2. The first-order valence-corrected chi connectivity index (χ1v) is 11.2. The number of ether oxygens (including phenoxy) is 2. The zero-order valence-corrected chi connectivity index (χ0v) is 18.5. The largest absolute Gasteiger partial charge is 0.390 e. The number of halogens is 1. The first-order chi connectivity index (χ1) is 14.4.